The first-order valence-electron chi connectivity index (χ1n) is 3.24. The van der Waals surface area contributed by atoms with E-state index in [1.807, 2.05) is 11.4 Å². The third kappa shape index (κ3) is 1.25. The summed E-state index contributed by atoms with van der Waals surface area (Å²) in [5, 5.41) is 3.05. The predicted octanol–water partition coefficient (Wildman–Crippen LogP) is 3.93. The van der Waals surface area contributed by atoms with Crippen molar-refractivity contribution < 1.29 is 4.39 Å². The first-order chi connectivity index (χ1) is 5.70. The summed E-state index contributed by atoms with van der Waals surface area (Å²) < 4.78 is 15.0. The van der Waals surface area contributed by atoms with Crippen LogP contribution in [0.4, 0.5) is 4.39 Å². The molecule has 1 heterocycles. The van der Waals surface area contributed by atoms with E-state index in [-0.39, 0.29) is 5.82 Å². The van der Waals surface area contributed by atoms with E-state index >= 15 is 0 Å². The van der Waals surface area contributed by atoms with Gasteiger partial charge in [0.15, 0.2) is 0 Å². The minimum Gasteiger partial charge on any atom is -0.206 e. The lowest BCUT2D eigenvalue weighted by Crippen LogP contribution is -1.82. The Kier molecular flexibility index (Phi) is 2.31. The van der Waals surface area contributed by atoms with Crippen molar-refractivity contribution >= 4 is 56.6 Å². The van der Waals surface area contributed by atoms with Crippen molar-refractivity contribution in [3.8, 4) is 0 Å². The highest BCUT2D eigenvalue weighted by Gasteiger charge is 2.08. The lowest BCUT2D eigenvalue weighted by Gasteiger charge is -1.99. The molecule has 0 amide bonds. The molecule has 0 radical (unpaired) electrons. The van der Waals surface area contributed by atoms with Crippen molar-refractivity contribution in [3.63, 3.8) is 0 Å². The number of fused-ring (bicyclic) bond motifs is 1. The fourth-order valence-corrected chi connectivity index (χ4v) is 2.95. The highest BCUT2D eigenvalue weighted by molar-refractivity contribution is 14.1. The average Bonchev–Trinajstić information content (AvgIpc) is 2.48. The molecule has 2 rings (SSSR count). The van der Waals surface area contributed by atoms with E-state index in [1.54, 1.807) is 11.3 Å². The van der Waals surface area contributed by atoms with Gasteiger partial charge in [-0.25, -0.2) is 4.39 Å². The topological polar surface area (TPSA) is 0 Å². The zero-order valence-electron chi connectivity index (χ0n) is 5.84. The minimum absolute atomic E-state index is 0.238. The zero-order valence-corrected chi connectivity index (χ0v) is 9.71. The first-order valence-corrected chi connectivity index (χ1v) is 5.65. The minimum atomic E-state index is -0.238. The molecule has 0 nitrogen and oxygen atoms in total. The van der Waals surface area contributed by atoms with Gasteiger partial charge in [-0.15, -0.1) is 24.0 Å². The van der Waals surface area contributed by atoms with Crippen molar-refractivity contribution in [1.29, 1.82) is 0 Å². The summed E-state index contributed by atoms with van der Waals surface area (Å²) in [5.74, 6) is -0.238. The SMILES string of the molecule is Fc1cc2sccc2c(I)c1S. The van der Waals surface area contributed by atoms with Crippen LogP contribution in [0.25, 0.3) is 10.1 Å². The molecule has 0 fully saturated rings. The van der Waals surface area contributed by atoms with Crippen molar-refractivity contribution in [2.75, 3.05) is 0 Å². The van der Waals surface area contributed by atoms with Crippen LogP contribution < -0.4 is 0 Å². The average molecular weight is 310 g/mol. The molecule has 1 aromatic carbocycles. The third-order valence-electron chi connectivity index (χ3n) is 1.62. The van der Waals surface area contributed by atoms with Crippen LogP contribution in [-0.2, 0) is 0 Å². The molecular weight excluding hydrogens is 306 g/mol. The Morgan fingerprint density at radius 3 is 3.00 bits per heavy atom. The fourth-order valence-electron chi connectivity index (χ4n) is 1.03. The number of rotatable bonds is 0. The van der Waals surface area contributed by atoms with E-state index in [0.717, 1.165) is 13.7 Å². The molecule has 0 aliphatic rings. The molecule has 4 heteroatoms. The van der Waals surface area contributed by atoms with Crippen molar-refractivity contribution in [3.05, 3.63) is 26.9 Å². The van der Waals surface area contributed by atoms with Crippen LogP contribution in [0.1, 0.15) is 0 Å². The maximum atomic E-state index is 13.1. The van der Waals surface area contributed by atoms with Crippen LogP contribution in [0.5, 0.6) is 0 Å². The number of halogens is 2. The molecule has 0 bridgehead atoms. The van der Waals surface area contributed by atoms with Gasteiger partial charge < -0.3 is 0 Å². The normalized spacial score (nSPS) is 10.9. The van der Waals surface area contributed by atoms with E-state index in [4.69, 9.17) is 0 Å². The fraction of sp³-hybridized carbons (Fsp3) is 0. The van der Waals surface area contributed by atoms with Gasteiger partial charge in [-0.3, -0.25) is 0 Å². The first kappa shape index (κ1) is 8.77. The molecule has 0 spiro atoms. The monoisotopic (exact) mass is 310 g/mol. The zero-order chi connectivity index (χ0) is 8.72. The Bertz CT molecular complexity index is 436. The van der Waals surface area contributed by atoms with Crippen LogP contribution in [0.15, 0.2) is 22.4 Å². The Morgan fingerprint density at radius 2 is 2.25 bits per heavy atom. The van der Waals surface area contributed by atoms with Crippen LogP contribution in [0, 0.1) is 9.39 Å². The van der Waals surface area contributed by atoms with Crippen molar-refractivity contribution in [2.24, 2.45) is 0 Å². The van der Waals surface area contributed by atoms with Gasteiger partial charge in [-0.2, -0.15) is 0 Å². The largest absolute Gasteiger partial charge is 0.206 e. The van der Waals surface area contributed by atoms with Gasteiger partial charge in [0.1, 0.15) is 5.82 Å². The Labute approximate surface area is 92.3 Å². The molecule has 0 aliphatic carbocycles. The Balaban J connectivity index is 2.94. The number of benzene rings is 1. The molecule has 12 heavy (non-hydrogen) atoms. The van der Waals surface area contributed by atoms with E-state index in [0.29, 0.717) is 4.90 Å². The van der Waals surface area contributed by atoms with Gasteiger partial charge in [0, 0.05) is 13.7 Å². The van der Waals surface area contributed by atoms with Gasteiger partial charge in [0.2, 0.25) is 0 Å². The summed E-state index contributed by atoms with van der Waals surface area (Å²) in [6, 6.07) is 3.52. The third-order valence-corrected chi connectivity index (χ3v) is 4.47. The lowest BCUT2D eigenvalue weighted by atomic mass is 10.2. The molecule has 62 valence electrons. The molecule has 2 aromatic rings. The highest BCUT2D eigenvalue weighted by Crippen LogP contribution is 2.31. The summed E-state index contributed by atoms with van der Waals surface area (Å²) >= 11 is 7.75. The summed E-state index contributed by atoms with van der Waals surface area (Å²) in [6.07, 6.45) is 0. The van der Waals surface area contributed by atoms with Crippen molar-refractivity contribution in [1.82, 2.24) is 0 Å². The second kappa shape index (κ2) is 3.16. The summed E-state index contributed by atoms with van der Waals surface area (Å²) in [7, 11) is 0. The number of hydrogen-bond acceptors (Lipinski definition) is 2. The van der Waals surface area contributed by atoms with E-state index in [9.17, 15) is 4.39 Å². The second-order valence-corrected chi connectivity index (χ2v) is 4.83. The van der Waals surface area contributed by atoms with Crippen molar-refractivity contribution in [2.45, 2.75) is 4.90 Å². The maximum Gasteiger partial charge on any atom is 0.139 e. The number of hydrogen-bond donors (Lipinski definition) is 1. The molecule has 0 N–H and O–H groups in total. The van der Waals surface area contributed by atoms with Gasteiger partial charge >= 0.3 is 0 Å². The van der Waals surface area contributed by atoms with Crippen LogP contribution in [0.3, 0.4) is 0 Å². The van der Waals surface area contributed by atoms with Gasteiger partial charge in [-0.1, -0.05) is 0 Å². The van der Waals surface area contributed by atoms with Gasteiger partial charge in [0.05, 0.1) is 4.90 Å². The number of thiol groups is 1. The standard InChI is InChI=1S/C8H4FIS2/c9-5-3-6-4(1-2-12-6)7(10)8(5)11/h1-3,11H. The van der Waals surface area contributed by atoms with Crippen LogP contribution in [0.2, 0.25) is 0 Å². The smallest absolute Gasteiger partial charge is 0.139 e. The molecule has 0 saturated carbocycles. The Hall–Kier alpha value is 0.190. The molecule has 0 saturated heterocycles. The lowest BCUT2D eigenvalue weighted by molar-refractivity contribution is 0.603. The van der Waals surface area contributed by atoms with Gasteiger partial charge in [-0.05, 0) is 40.1 Å². The van der Waals surface area contributed by atoms with Crippen LogP contribution in [-0.4, -0.2) is 0 Å². The summed E-state index contributed by atoms with van der Waals surface area (Å²) in [4.78, 5) is 0.446. The van der Waals surface area contributed by atoms with Crippen LogP contribution >= 0.6 is 46.6 Å². The van der Waals surface area contributed by atoms with E-state index in [1.165, 1.54) is 6.07 Å². The van der Waals surface area contributed by atoms with E-state index < -0.39 is 0 Å². The summed E-state index contributed by atoms with van der Waals surface area (Å²) in [6.45, 7) is 0. The highest BCUT2D eigenvalue weighted by atomic mass is 127. The number of thiophene rings is 1. The molecule has 0 aliphatic heterocycles. The molecular formula is C8H4FIS2. The maximum absolute atomic E-state index is 13.1. The predicted molar refractivity (Wildman–Crippen MR) is 61.8 cm³/mol. The molecule has 0 atom stereocenters. The summed E-state index contributed by atoms with van der Waals surface area (Å²) in [5.41, 5.74) is 0. The van der Waals surface area contributed by atoms with Gasteiger partial charge in [0.25, 0.3) is 0 Å². The quantitative estimate of drug-likeness (QED) is 0.553. The molecule has 1 aromatic heterocycles. The Morgan fingerprint density at radius 1 is 1.50 bits per heavy atom. The molecule has 0 unspecified atom stereocenters. The second-order valence-electron chi connectivity index (χ2n) is 2.35. The van der Waals surface area contributed by atoms with E-state index in [2.05, 4.69) is 35.2 Å².